The van der Waals surface area contributed by atoms with Crippen LogP contribution in [0, 0.1) is 17.8 Å². The van der Waals surface area contributed by atoms with Crippen LogP contribution < -0.4 is 15.4 Å². The number of rotatable bonds is 10. The van der Waals surface area contributed by atoms with Crippen molar-refractivity contribution in [2.24, 2.45) is 17.8 Å². The highest BCUT2D eigenvalue weighted by Crippen LogP contribution is 2.45. The van der Waals surface area contributed by atoms with Crippen LogP contribution in [0.3, 0.4) is 0 Å². The Labute approximate surface area is 287 Å². The van der Waals surface area contributed by atoms with E-state index in [0.29, 0.717) is 16.3 Å². The molecule has 0 bridgehead atoms. The molecule has 11 heteroatoms. The summed E-state index contributed by atoms with van der Waals surface area (Å²) in [5.41, 5.74) is 1.70. The monoisotopic (exact) mass is 682 g/mol. The molecule has 1 saturated heterocycles. The van der Waals surface area contributed by atoms with Gasteiger partial charge in [-0.3, -0.25) is 9.59 Å². The predicted molar refractivity (Wildman–Crippen MR) is 181 cm³/mol. The summed E-state index contributed by atoms with van der Waals surface area (Å²) in [5, 5.41) is 5.91. The van der Waals surface area contributed by atoms with Gasteiger partial charge in [0.15, 0.2) is 6.10 Å². The molecule has 2 aliphatic heterocycles. The normalized spacial score (nSPS) is 26.8. The maximum absolute atomic E-state index is 13.7. The van der Waals surface area contributed by atoms with E-state index in [1.54, 1.807) is 24.3 Å². The summed E-state index contributed by atoms with van der Waals surface area (Å²) >= 11 is 6.34. The van der Waals surface area contributed by atoms with E-state index in [9.17, 15) is 19.2 Å². The summed E-state index contributed by atoms with van der Waals surface area (Å²) < 4.78 is 23.1. The highest BCUT2D eigenvalue weighted by atomic mass is 35.5. The standard InChI is InChI=1S/C37H47ClN2O8/c1-21(2)17-28-36(43)47-31(18-22(3)4)37(44)46-29(23(5)33-34(48-33)25-11-8-7-9-12-25)13-10-14-32(41)39-27(35(42)40-28)20-24-15-16-30(45-6)26(38)19-24/h7-12,14-16,19,21-23,27-29,31,33-34H,13,17-18,20H2,1-6H3,(H,39,41)(H,40,42)/b14-10+/t23-,27+,28-,29-,31-,33+,34+/m0/s1. The molecule has 2 heterocycles. The van der Waals surface area contributed by atoms with Crippen LogP contribution in [0.2, 0.25) is 5.02 Å². The van der Waals surface area contributed by atoms with Crippen molar-refractivity contribution in [3.8, 4) is 5.75 Å². The van der Waals surface area contributed by atoms with Crippen LogP contribution in [-0.2, 0) is 39.8 Å². The van der Waals surface area contributed by atoms with Gasteiger partial charge in [0.2, 0.25) is 11.8 Å². The van der Waals surface area contributed by atoms with Crippen molar-refractivity contribution in [1.29, 1.82) is 0 Å². The second-order valence-corrected chi connectivity index (χ2v) is 13.8. The van der Waals surface area contributed by atoms with Crippen LogP contribution in [0.25, 0.3) is 0 Å². The Morgan fingerprint density at radius 2 is 1.58 bits per heavy atom. The second kappa shape index (κ2) is 17.0. The lowest BCUT2D eigenvalue weighted by Crippen LogP contribution is -2.53. The lowest BCUT2D eigenvalue weighted by Gasteiger charge is -2.27. The van der Waals surface area contributed by atoms with Gasteiger partial charge < -0.3 is 29.6 Å². The van der Waals surface area contributed by atoms with E-state index in [4.69, 9.17) is 30.5 Å². The molecule has 7 atom stereocenters. The summed E-state index contributed by atoms with van der Waals surface area (Å²) in [7, 11) is 1.50. The number of cyclic esters (lactones) is 2. The molecular formula is C37H47ClN2O8. The summed E-state index contributed by atoms with van der Waals surface area (Å²) in [6.45, 7) is 9.60. The first-order valence-electron chi connectivity index (χ1n) is 16.6. The summed E-state index contributed by atoms with van der Waals surface area (Å²) in [6.07, 6.45) is 1.51. The van der Waals surface area contributed by atoms with Crippen LogP contribution >= 0.6 is 11.6 Å². The smallest absolute Gasteiger partial charge is 0.347 e. The number of epoxide rings is 1. The van der Waals surface area contributed by atoms with E-state index in [1.807, 2.05) is 65.0 Å². The lowest BCUT2D eigenvalue weighted by atomic mass is 9.93. The van der Waals surface area contributed by atoms with Crippen molar-refractivity contribution in [2.45, 2.75) is 96.8 Å². The van der Waals surface area contributed by atoms with Crippen LogP contribution in [0.5, 0.6) is 5.75 Å². The molecule has 0 unspecified atom stereocenters. The zero-order valence-corrected chi connectivity index (χ0v) is 29.2. The number of benzene rings is 2. The van der Waals surface area contributed by atoms with E-state index in [0.717, 1.165) is 5.56 Å². The fourth-order valence-electron chi connectivity index (χ4n) is 5.85. The third-order valence-electron chi connectivity index (χ3n) is 8.47. The molecule has 4 rings (SSSR count). The van der Waals surface area contributed by atoms with Gasteiger partial charge in [0.25, 0.3) is 0 Å². The Bertz CT molecular complexity index is 1460. The van der Waals surface area contributed by atoms with Crippen molar-refractivity contribution in [3.05, 3.63) is 76.8 Å². The topological polar surface area (TPSA) is 133 Å². The Balaban J connectivity index is 1.64. The number of methoxy groups -OCH3 is 1. The van der Waals surface area contributed by atoms with Crippen LogP contribution in [0.4, 0.5) is 0 Å². The number of hydrogen-bond donors (Lipinski definition) is 2. The zero-order valence-electron chi connectivity index (χ0n) is 28.4. The van der Waals surface area contributed by atoms with E-state index in [2.05, 4.69) is 10.6 Å². The molecule has 2 aliphatic rings. The number of amides is 2. The van der Waals surface area contributed by atoms with E-state index >= 15 is 0 Å². The number of carbonyl (C=O) groups is 4. The Kier molecular flexibility index (Phi) is 13.1. The minimum atomic E-state index is -1.19. The first kappa shape index (κ1) is 36.9. The molecule has 10 nitrogen and oxygen atoms in total. The van der Waals surface area contributed by atoms with Gasteiger partial charge >= 0.3 is 11.9 Å². The van der Waals surface area contributed by atoms with Crippen molar-refractivity contribution in [2.75, 3.05) is 7.11 Å². The number of hydrogen-bond acceptors (Lipinski definition) is 8. The van der Waals surface area contributed by atoms with E-state index in [1.165, 1.54) is 13.2 Å². The first-order valence-corrected chi connectivity index (χ1v) is 16.9. The number of ether oxygens (including phenoxy) is 4. The Hall–Kier alpha value is -3.89. The molecule has 0 aromatic heterocycles. The molecule has 0 saturated carbocycles. The highest BCUT2D eigenvalue weighted by molar-refractivity contribution is 6.32. The van der Waals surface area contributed by atoms with Crippen LogP contribution in [0.1, 0.15) is 71.1 Å². The van der Waals surface area contributed by atoms with Gasteiger partial charge in [0.1, 0.15) is 30.0 Å². The van der Waals surface area contributed by atoms with Gasteiger partial charge in [-0.05, 0) is 54.0 Å². The first-order chi connectivity index (χ1) is 22.9. The summed E-state index contributed by atoms with van der Waals surface area (Å²) in [4.78, 5) is 54.3. The Morgan fingerprint density at radius 3 is 2.23 bits per heavy atom. The largest absolute Gasteiger partial charge is 0.495 e. The maximum Gasteiger partial charge on any atom is 0.347 e. The summed E-state index contributed by atoms with van der Waals surface area (Å²) in [5.74, 6) is -2.29. The minimum absolute atomic E-state index is 0.00173. The predicted octanol–water partition coefficient (Wildman–Crippen LogP) is 5.51. The average molecular weight is 683 g/mol. The third-order valence-corrected chi connectivity index (χ3v) is 8.76. The number of nitrogens with one attached hydrogen (secondary N) is 2. The summed E-state index contributed by atoms with van der Waals surface area (Å²) in [6, 6.07) is 12.8. The second-order valence-electron chi connectivity index (χ2n) is 13.4. The van der Waals surface area contributed by atoms with Crippen molar-refractivity contribution >= 4 is 35.4 Å². The molecule has 260 valence electrons. The molecule has 0 aliphatic carbocycles. The molecule has 0 spiro atoms. The zero-order chi connectivity index (χ0) is 35.0. The van der Waals surface area contributed by atoms with Crippen LogP contribution in [0.15, 0.2) is 60.7 Å². The molecule has 2 N–H and O–H groups in total. The van der Waals surface area contributed by atoms with Gasteiger partial charge in [0, 0.05) is 18.8 Å². The molecule has 2 aromatic carbocycles. The minimum Gasteiger partial charge on any atom is -0.495 e. The van der Waals surface area contributed by atoms with Crippen molar-refractivity contribution < 1.29 is 38.1 Å². The molecule has 48 heavy (non-hydrogen) atoms. The van der Waals surface area contributed by atoms with E-state index < -0.39 is 48.0 Å². The van der Waals surface area contributed by atoms with Gasteiger partial charge in [-0.1, -0.05) is 88.7 Å². The van der Waals surface area contributed by atoms with Gasteiger partial charge in [0.05, 0.1) is 18.2 Å². The fourth-order valence-corrected chi connectivity index (χ4v) is 6.13. The molecule has 2 amide bonds. The number of esters is 2. The molecular weight excluding hydrogens is 636 g/mol. The van der Waals surface area contributed by atoms with E-state index in [-0.39, 0.29) is 55.6 Å². The Morgan fingerprint density at radius 1 is 0.875 bits per heavy atom. The SMILES string of the molecule is COc1ccc(C[C@H]2NC(=O)/C=C/C[C@@H]([C@H](C)[C@H]3O[C@@H]3c3ccccc3)OC(=O)[C@H](CC(C)C)OC(=O)[C@H](CC(C)C)NC2=O)cc1Cl. The van der Waals surface area contributed by atoms with Gasteiger partial charge in [-0.15, -0.1) is 0 Å². The number of carbonyl (C=O) groups excluding carboxylic acids is 4. The van der Waals surface area contributed by atoms with Gasteiger partial charge in [-0.2, -0.15) is 0 Å². The van der Waals surface area contributed by atoms with Crippen LogP contribution in [-0.4, -0.2) is 61.3 Å². The van der Waals surface area contributed by atoms with Gasteiger partial charge in [-0.25, -0.2) is 9.59 Å². The average Bonchev–Trinajstić information content (AvgIpc) is 3.84. The van der Waals surface area contributed by atoms with Crippen molar-refractivity contribution in [1.82, 2.24) is 10.6 Å². The third kappa shape index (κ3) is 10.3. The fraction of sp³-hybridized carbons (Fsp3) is 0.514. The molecule has 2 aromatic rings. The highest BCUT2D eigenvalue weighted by Gasteiger charge is 2.47. The quantitative estimate of drug-likeness (QED) is 0.248. The lowest BCUT2D eigenvalue weighted by molar-refractivity contribution is -0.176. The van der Waals surface area contributed by atoms with Crippen molar-refractivity contribution in [3.63, 3.8) is 0 Å². The number of halogens is 1. The molecule has 1 fully saturated rings. The maximum atomic E-state index is 13.7. The molecule has 0 radical (unpaired) electrons.